The minimum atomic E-state index is -0.258. The van der Waals surface area contributed by atoms with Crippen molar-refractivity contribution in [1.29, 1.82) is 0 Å². The highest BCUT2D eigenvalue weighted by molar-refractivity contribution is 6.06. The monoisotopic (exact) mass is 371 g/mol. The Hall–Kier alpha value is -3.93. The maximum Gasteiger partial charge on any atom is 0.259 e. The summed E-state index contributed by atoms with van der Waals surface area (Å²) in [7, 11) is 0. The lowest BCUT2D eigenvalue weighted by Gasteiger charge is -2.13. The van der Waals surface area contributed by atoms with Crippen LogP contribution in [0.1, 0.15) is 15.9 Å². The number of benzene rings is 2. The molecule has 6 heteroatoms. The number of hydrogen-bond acceptors (Lipinski definition) is 5. The Balaban J connectivity index is 1.63. The summed E-state index contributed by atoms with van der Waals surface area (Å²) in [6.07, 6.45) is 6.41. The first kappa shape index (κ1) is 17.5. The van der Waals surface area contributed by atoms with Gasteiger partial charge in [0.15, 0.2) is 0 Å². The molecule has 138 valence electrons. The van der Waals surface area contributed by atoms with E-state index in [4.69, 9.17) is 9.26 Å². The van der Waals surface area contributed by atoms with Gasteiger partial charge in [0.25, 0.3) is 5.91 Å². The standard InChI is InChI=1S/C22H17N3O3/c26-22(25-19-8-10-23-11-9-19)20-7-6-17(18-13-24-28-15-18)12-21(20)27-14-16-4-2-1-3-5-16/h1-13,15H,14H2,(H,23,25,26). The largest absolute Gasteiger partial charge is 0.488 e. The van der Waals surface area contributed by atoms with Gasteiger partial charge in [-0.1, -0.05) is 41.6 Å². The summed E-state index contributed by atoms with van der Waals surface area (Å²) in [5, 5.41) is 6.60. The van der Waals surface area contributed by atoms with Gasteiger partial charge in [0, 0.05) is 23.6 Å². The van der Waals surface area contributed by atoms with Crippen molar-refractivity contribution >= 4 is 11.6 Å². The molecule has 0 spiro atoms. The molecule has 6 nitrogen and oxygen atoms in total. The predicted molar refractivity (Wildman–Crippen MR) is 105 cm³/mol. The fraction of sp³-hybridized carbons (Fsp3) is 0.0455. The number of rotatable bonds is 6. The average molecular weight is 371 g/mol. The molecule has 0 bridgehead atoms. The Morgan fingerprint density at radius 2 is 1.82 bits per heavy atom. The van der Waals surface area contributed by atoms with Gasteiger partial charge in [-0.15, -0.1) is 0 Å². The molecule has 2 aromatic carbocycles. The van der Waals surface area contributed by atoms with Crippen molar-refractivity contribution in [2.45, 2.75) is 6.61 Å². The second-order valence-corrected chi connectivity index (χ2v) is 6.09. The number of ether oxygens (including phenoxy) is 1. The second kappa shape index (κ2) is 8.18. The number of hydrogen-bond donors (Lipinski definition) is 1. The molecule has 2 aromatic heterocycles. The van der Waals surface area contributed by atoms with Crippen LogP contribution < -0.4 is 10.1 Å². The summed E-state index contributed by atoms with van der Waals surface area (Å²) in [5.74, 6) is 0.222. The normalized spacial score (nSPS) is 10.4. The Labute approximate surface area is 161 Å². The maximum absolute atomic E-state index is 12.8. The van der Waals surface area contributed by atoms with Gasteiger partial charge in [-0.05, 0) is 35.4 Å². The van der Waals surface area contributed by atoms with Crippen LogP contribution in [0.4, 0.5) is 5.69 Å². The van der Waals surface area contributed by atoms with Crippen LogP contribution in [-0.2, 0) is 6.61 Å². The van der Waals surface area contributed by atoms with E-state index in [9.17, 15) is 4.79 Å². The predicted octanol–water partition coefficient (Wildman–Crippen LogP) is 4.57. The highest BCUT2D eigenvalue weighted by atomic mass is 16.5. The fourth-order valence-electron chi connectivity index (χ4n) is 2.73. The molecule has 0 unspecified atom stereocenters. The number of carbonyl (C=O) groups is 1. The van der Waals surface area contributed by atoms with Gasteiger partial charge < -0.3 is 14.6 Å². The summed E-state index contributed by atoms with van der Waals surface area (Å²) < 4.78 is 10.9. The van der Waals surface area contributed by atoms with E-state index in [1.807, 2.05) is 42.5 Å². The molecule has 2 heterocycles. The summed E-state index contributed by atoms with van der Waals surface area (Å²) in [5.41, 5.74) is 3.78. The van der Waals surface area contributed by atoms with E-state index in [2.05, 4.69) is 15.5 Å². The summed E-state index contributed by atoms with van der Waals surface area (Å²) >= 11 is 0. The first-order chi connectivity index (χ1) is 13.8. The van der Waals surface area contributed by atoms with E-state index >= 15 is 0 Å². The van der Waals surface area contributed by atoms with Gasteiger partial charge in [-0.3, -0.25) is 9.78 Å². The van der Waals surface area contributed by atoms with Crippen molar-refractivity contribution < 1.29 is 14.1 Å². The van der Waals surface area contributed by atoms with Crippen molar-refractivity contribution in [1.82, 2.24) is 10.1 Å². The van der Waals surface area contributed by atoms with Crippen LogP contribution in [0.15, 0.2) is 90.0 Å². The number of nitrogens with zero attached hydrogens (tertiary/aromatic N) is 2. The van der Waals surface area contributed by atoms with Gasteiger partial charge in [-0.25, -0.2) is 0 Å². The molecular weight excluding hydrogens is 354 g/mol. The summed E-state index contributed by atoms with van der Waals surface area (Å²) in [6.45, 7) is 0.351. The molecule has 1 N–H and O–H groups in total. The van der Waals surface area contributed by atoms with Crippen LogP contribution in [0.3, 0.4) is 0 Å². The van der Waals surface area contributed by atoms with Crippen LogP contribution in [0.2, 0.25) is 0 Å². The molecule has 0 aliphatic rings. The van der Waals surface area contributed by atoms with E-state index in [1.54, 1.807) is 43.1 Å². The van der Waals surface area contributed by atoms with Crippen molar-refractivity contribution in [2.75, 3.05) is 5.32 Å². The van der Waals surface area contributed by atoms with E-state index in [0.717, 1.165) is 16.7 Å². The lowest BCUT2D eigenvalue weighted by atomic mass is 10.1. The van der Waals surface area contributed by atoms with Gasteiger partial charge in [0.1, 0.15) is 18.6 Å². The first-order valence-corrected chi connectivity index (χ1v) is 8.71. The van der Waals surface area contributed by atoms with Crippen LogP contribution in [0.5, 0.6) is 5.75 Å². The Morgan fingerprint density at radius 1 is 1.00 bits per heavy atom. The zero-order valence-corrected chi connectivity index (χ0v) is 14.9. The van der Waals surface area contributed by atoms with Gasteiger partial charge >= 0.3 is 0 Å². The third-order valence-electron chi connectivity index (χ3n) is 4.17. The molecule has 0 fully saturated rings. The first-order valence-electron chi connectivity index (χ1n) is 8.71. The number of carbonyl (C=O) groups excluding carboxylic acids is 1. The highest BCUT2D eigenvalue weighted by Gasteiger charge is 2.15. The van der Waals surface area contributed by atoms with Gasteiger partial charge in [0.2, 0.25) is 0 Å². The molecular formula is C22H17N3O3. The minimum Gasteiger partial charge on any atom is -0.488 e. The van der Waals surface area contributed by atoms with Crippen molar-refractivity contribution in [3.05, 3.63) is 96.6 Å². The highest BCUT2D eigenvalue weighted by Crippen LogP contribution is 2.28. The van der Waals surface area contributed by atoms with Gasteiger partial charge in [0.05, 0.1) is 11.8 Å². The zero-order chi connectivity index (χ0) is 19.2. The lowest BCUT2D eigenvalue weighted by molar-refractivity contribution is 0.102. The lowest BCUT2D eigenvalue weighted by Crippen LogP contribution is -2.14. The third kappa shape index (κ3) is 4.07. The van der Waals surface area contributed by atoms with Gasteiger partial charge in [-0.2, -0.15) is 0 Å². The van der Waals surface area contributed by atoms with Crippen molar-refractivity contribution in [3.63, 3.8) is 0 Å². The fourth-order valence-corrected chi connectivity index (χ4v) is 2.73. The molecule has 4 rings (SSSR count). The number of aromatic nitrogens is 2. The third-order valence-corrected chi connectivity index (χ3v) is 4.17. The summed E-state index contributed by atoms with van der Waals surface area (Å²) in [4.78, 5) is 16.8. The number of anilines is 1. The van der Waals surface area contributed by atoms with Crippen LogP contribution in [0.25, 0.3) is 11.1 Å². The molecule has 28 heavy (non-hydrogen) atoms. The van der Waals surface area contributed by atoms with Crippen LogP contribution >= 0.6 is 0 Å². The van der Waals surface area contributed by atoms with E-state index in [0.29, 0.717) is 23.6 Å². The number of amides is 1. The zero-order valence-electron chi connectivity index (χ0n) is 14.9. The van der Waals surface area contributed by atoms with Crippen molar-refractivity contribution in [2.24, 2.45) is 0 Å². The molecule has 0 aliphatic heterocycles. The average Bonchev–Trinajstić information content (AvgIpc) is 3.28. The second-order valence-electron chi connectivity index (χ2n) is 6.09. The topological polar surface area (TPSA) is 77.3 Å². The smallest absolute Gasteiger partial charge is 0.259 e. The Morgan fingerprint density at radius 3 is 2.57 bits per heavy atom. The quantitative estimate of drug-likeness (QED) is 0.537. The van der Waals surface area contributed by atoms with Crippen LogP contribution in [0, 0.1) is 0 Å². The molecule has 4 aromatic rings. The number of nitrogens with one attached hydrogen (secondary N) is 1. The minimum absolute atomic E-state index is 0.258. The number of pyridine rings is 1. The Bertz CT molecular complexity index is 1050. The SMILES string of the molecule is O=C(Nc1ccncc1)c1ccc(-c2cnoc2)cc1OCc1ccccc1. The molecule has 0 saturated heterocycles. The van der Waals surface area contributed by atoms with Crippen molar-refractivity contribution in [3.8, 4) is 16.9 Å². The van der Waals surface area contributed by atoms with E-state index in [-0.39, 0.29) is 5.91 Å². The molecule has 0 aliphatic carbocycles. The molecule has 0 atom stereocenters. The van der Waals surface area contributed by atoms with E-state index < -0.39 is 0 Å². The molecule has 1 amide bonds. The maximum atomic E-state index is 12.8. The van der Waals surface area contributed by atoms with E-state index in [1.165, 1.54) is 0 Å². The Kier molecular flexibility index (Phi) is 5.11. The molecule has 0 radical (unpaired) electrons. The molecule has 0 saturated carbocycles. The van der Waals surface area contributed by atoms with Crippen LogP contribution in [-0.4, -0.2) is 16.0 Å². The summed E-state index contributed by atoms with van der Waals surface area (Å²) in [6, 6.07) is 18.6.